The summed E-state index contributed by atoms with van der Waals surface area (Å²) in [5.41, 5.74) is 1.02. The predicted octanol–water partition coefficient (Wildman–Crippen LogP) is 1.65. The van der Waals surface area contributed by atoms with Gasteiger partial charge in [-0.1, -0.05) is 0 Å². The molecular formula is C12H15NO2S. The standard InChI is InChI=1S/C12H15NO2S/c14-9-12(4-5-12)8-13-11(15)2-1-10-3-6-16-7-10/h1-3,6-7,14H,4-5,8-9H2,(H,13,15)/b2-1+. The molecular weight excluding hydrogens is 222 g/mol. The van der Waals surface area contributed by atoms with Gasteiger partial charge in [-0.25, -0.2) is 0 Å². The average Bonchev–Trinajstić information content (AvgIpc) is 2.90. The van der Waals surface area contributed by atoms with E-state index in [0.717, 1.165) is 18.4 Å². The lowest BCUT2D eigenvalue weighted by Crippen LogP contribution is -2.30. The molecule has 1 aliphatic rings. The first kappa shape index (κ1) is 11.4. The van der Waals surface area contributed by atoms with Crippen LogP contribution in [-0.2, 0) is 4.79 Å². The van der Waals surface area contributed by atoms with Crippen molar-refractivity contribution in [1.29, 1.82) is 0 Å². The molecule has 0 saturated heterocycles. The van der Waals surface area contributed by atoms with Gasteiger partial charge >= 0.3 is 0 Å². The van der Waals surface area contributed by atoms with Crippen molar-refractivity contribution in [3.63, 3.8) is 0 Å². The van der Waals surface area contributed by atoms with Crippen molar-refractivity contribution in [1.82, 2.24) is 5.32 Å². The number of aliphatic hydroxyl groups is 1. The normalized spacial score (nSPS) is 17.6. The van der Waals surface area contributed by atoms with Crippen molar-refractivity contribution in [2.24, 2.45) is 5.41 Å². The minimum atomic E-state index is -0.0917. The molecule has 1 amide bonds. The third kappa shape index (κ3) is 2.93. The van der Waals surface area contributed by atoms with Crippen molar-refractivity contribution < 1.29 is 9.90 Å². The highest BCUT2D eigenvalue weighted by Crippen LogP contribution is 2.44. The molecule has 86 valence electrons. The maximum absolute atomic E-state index is 11.5. The fourth-order valence-electron chi connectivity index (χ4n) is 1.44. The van der Waals surface area contributed by atoms with E-state index in [1.807, 2.05) is 16.8 Å². The van der Waals surface area contributed by atoms with E-state index in [-0.39, 0.29) is 17.9 Å². The molecule has 0 bridgehead atoms. The van der Waals surface area contributed by atoms with Crippen LogP contribution in [0.2, 0.25) is 0 Å². The SMILES string of the molecule is O=C(/C=C/c1ccsc1)NCC1(CO)CC1. The maximum atomic E-state index is 11.5. The molecule has 1 aliphatic carbocycles. The van der Waals surface area contributed by atoms with Crippen LogP contribution >= 0.6 is 11.3 Å². The third-order valence-corrected chi connectivity index (χ3v) is 3.60. The summed E-state index contributed by atoms with van der Waals surface area (Å²) in [5.74, 6) is -0.0917. The van der Waals surface area contributed by atoms with Crippen LogP contribution in [0.1, 0.15) is 18.4 Å². The van der Waals surface area contributed by atoms with Gasteiger partial charge in [-0.05, 0) is 41.3 Å². The Morgan fingerprint density at radius 2 is 2.44 bits per heavy atom. The number of carbonyl (C=O) groups excluding carboxylic acids is 1. The molecule has 16 heavy (non-hydrogen) atoms. The maximum Gasteiger partial charge on any atom is 0.244 e. The summed E-state index contributed by atoms with van der Waals surface area (Å²) < 4.78 is 0. The molecule has 4 heteroatoms. The van der Waals surface area contributed by atoms with E-state index in [4.69, 9.17) is 5.11 Å². The smallest absolute Gasteiger partial charge is 0.244 e. The van der Waals surface area contributed by atoms with Crippen LogP contribution in [0, 0.1) is 5.41 Å². The molecule has 0 aromatic carbocycles. The Kier molecular flexibility index (Phi) is 3.41. The summed E-state index contributed by atoms with van der Waals surface area (Å²) in [6, 6.07) is 1.96. The van der Waals surface area contributed by atoms with Crippen molar-refractivity contribution in [2.75, 3.05) is 13.2 Å². The Balaban J connectivity index is 1.76. The van der Waals surface area contributed by atoms with Crippen molar-refractivity contribution in [3.05, 3.63) is 28.5 Å². The van der Waals surface area contributed by atoms with Gasteiger partial charge in [-0.2, -0.15) is 11.3 Å². The molecule has 0 atom stereocenters. The highest BCUT2D eigenvalue weighted by atomic mass is 32.1. The zero-order valence-corrected chi connectivity index (χ0v) is 9.80. The minimum Gasteiger partial charge on any atom is -0.396 e. The minimum absolute atomic E-state index is 0.0219. The molecule has 1 saturated carbocycles. The second-order valence-electron chi connectivity index (χ2n) is 4.27. The quantitative estimate of drug-likeness (QED) is 0.765. The zero-order chi connectivity index (χ0) is 11.4. The van der Waals surface area contributed by atoms with E-state index in [1.54, 1.807) is 17.4 Å². The molecule has 0 spiro atoms. The summed E-state index contributed by atoms with van der Waals surface area (Å²) in [7, 11) is 0. The zero-order valence-electron chi connectivity index (χ0n) is 8.98. The molecule has 0 aliphatic heterocycles. The molecule has 0 radical (unpaired) electrons. The molecule has 1 heterocycles. The number of rotatable bonds is 5. The summed E-state index contributed by atoms with van der Waals surface area (Å²) in [6.07, 6.45) is 5.36. The van der Waals surface area contributed by atoms with E-state index in [9.17, 15) is 4.79 Å². The fourth-order valence-corrected chi connectivity index (χ4v) is 2.07. The van der Waals surface area contributed by atoms with Crippen molar-refractivity contribution in [2.45, 2.75) is 12.8 Å². The van der Waals surface area contributed by atoms with Gasteiger partial charge in [-0.3, -0.25) is 4.79 Å². The van der Waals surface area contributed by atoms with Gasteiger partial charge in [0.2, 0.25) is 5.91 Å². The molecule has 0 unspecified atom stereocenters. The van der Waals surface area contributed by atoms with Gasteiger partial charge in [0.05, 0.1) is 6.61 Å². The van der Waals surface area contributed by atoms with Crippen LogP contribution in [0.25, 0.3) is 6.08 Å². The molecule has 1 aromatic heterocycles. The van der Waals surface area contributed by atoms with Gasteiger partial charge in [0.15, 0.2) is 0 Å². The summed E-state index contributed by atoms with van der Waals surface area (Å²) in [6.45, 7) is 0.748. The Morgan fingerprint density at radius 1 is 1.62 bits per heavy atom. The number of carbonyl (C=O) groups is 1. The third-order valence-electron chi connectivity index (χ3n) is 2.90. The van der Waals surface area contributed by atoms with Crippen LogP contribution in [0.4, 0.5) is 0 Å². The first-order chi connectivity index (χ1) is 7.74. The monoisotopic (exact) mass is 237 g/mol. The molecule has 2 N–H and O–H groups in total. The van der Waals surface area contributed by atoms with Gasteiger partial charge in [0, 0.05) is 18.0 Å². The lowest BCUT2D eigenvalue weighted by Gasteiger charge is -2.10. The Morgan fingerprint density at radius 3 is 3.00 bits per heavy atom. The fraction of sp³-hybridized carbons (Fsp3) is 0.417. The van der Waals surface area contributed by atoms with Crippen LogP contribution in [0.15, 0.2) is 22.9 Å². The lowest BCUT2D eigenvalue weighted by molar-refractivity contribution is -0.116. The highest BCUT2D eigenvalue weighted by molar-refractivity contribution is 7.08. The summed E-state index contributed by atoms with van der Waals surface area (Å²) >= 11 is 1.61. The lowest BCUT2D eigenvalue weighted by atomic mass is 10.1. The van der Waals surface area contributed by atoms with Crippen LogP contribution < -0.4 is 5.32 Å². The highest BCUT2D eigenvalue weighted by Gasteiger charge is 2.41. The van der Waals surface area contributed by atoms with Crippen LogP contribution in [0.3, 0.4) is 0 Å². The Labute approximate surface area is 98.8 Å². The Hall–Kier alpha value is -1.13. The van der Waals surface area contributed by atoms with Gasteiger partial charge in [0.25, 0.3) is 0 Å². The number of amides is 1. The topological polar surface area (TPSA) is 49.3 Å². The first-order valence-electron chi connectivity index (χ1n) is 5.33. The van der Waals surface area contributed by atoms with Crippen LogP contribution in [-0.4, -0.2) is 24.2 Å². The van der Waals surface area contributed by atoms with Gasteiger partial charge in [-0.15, -0.1) is 0 Å². The number of nitrogens with one attached hydrogen (secondary N) is 1. The molecule has 1 aromatic rings. The second-order valence-corrected chi connectivity index (χ2v) is 5.05. The Bertz CT molecular complexity index is 380. The van der Waals surface area contributed by atoms with Crippen molar-refractivity contribution in [3.8, 4) is 0 Å². The first-order valence-corrected chi connectivity index (χ1v) is 6.27. The largest absolute Gasteiger partial charge is 0.396 e. The number of hydrogen-bond donors (Lipinski definition) is 2. The van der Waals surface area contributed by atoms with Crippen LogP contribution in [0.5, 0.6) is 0 Å². The van der Waals surface area contributed by atoms with E-state index in [2.05, 4.69) is 5.32 Å². The van der Waals surface area contributed by atoms with E-state index in [0.29, 0.717) is 6.54 Å². The number of hydrogen-bond acceptors (Lipinski definition) is 3. The number of thiophene rings is 1. The summed E-state index contributed by atoms with van der Waals surface area (Å²) in [4.78, 5) is 11.5. The van der Waals surface area contributed by atoms with E-state index >= 15 is 0 Å². The molecule has 2 rings (SSSR count). The second kappa shape index (κ2) is 4.80. The molecule has 1 fully saturated rings. The van der Waals surface area contributed by atoms with Gasteiger partial charge < -0.3 is 10.4 Å². The predicted molar refractivity (Wildman–Crippen MR) is 65.1 cm³/mol. The van der Waals surface area contributed by atoms with E-state index in [1.165, 1.54) is 6.08 Å². The number of aliphatic hydroxyl groups excluding tert-OH is 1. The molecule has 3 nitrogen and oxygen atoms in total. The summed E-state index contributed by atoms with van der Waals surface area (Å²) in [5, 5.41) is 15.9. The van der Waals surface area contributed by atoms with Gasteiger partial charge in [0.1, 0.15) is 0 Å². The van der Waals surface area contributed by atoms with E-state index < -0.39 is 0 Å². The average molecular weight is 237 g/mol. The van der Waals surface area contributed by atoms with Crippen molar-refractivity contribution >= 4 is 23.3 Å².